The molecule has 1 atom stereocenters. The van der Waals surface area contributed by atoms with E-state index in [2.05, 4.69) is 11.1 Å². The molecule has 23 heavy (non-hydrogen) atoms. The lowest BCUT2D eigenvalue weighted by atomic mass is 9.99. The number of carbonyl (C=O) groups excluding carboxylic acids is 1. The summed E-state index contributed by atoms with van der Waals surface area (Å²) in [4.78, 5) is 19.8. The van der Waals surface area contributed by atoms with Crippen LogP contribution in [0.25, 0.3) is 10.9 Å². The number of rotatable bonds is 3. The molecular formula is C19H24N2O2. The maximum absolute atomic E-state index is 13.2. The largest absolute Gasteiger partial charge is 0.384 e. The molecule has 2 aromatic rings. The Morgan fingerprint density at radius 2 is 2.13 bits per heavy atom. The maximum Gasteiger partial charge on any atom is 0.254 e. The number of benzene rings is 1. The monoisotopic (exact) mass is 312 g/mol. The van der Waals surface area contributed by atoms with Crippen molar-refractivity contribution in [3.8, 4) is 0 Å². The van der Waals surface area contributed by atoms with E-state index in [4.69, 9.17) is 4.74 Å². The molecule has 0 aliphatic carbocycles. The number of amides is 1. The Labute approximate surface area is 137 Å². The average Bonchev–Trinajstić information content (AvgIpc) is 2.98. The molecule has 122 valence electrons. The second kappa shape index (κ2) is 6.28. The van der Waals surface area contributed by atoms with Crippen molar-refractivity contribution >= 4 is 16.8 Å². The number of fused-ring (bicyclic) bond motifs is 1. The molecule has 1 fully saturated rings. The Hall–Kier alpha value is -1.94. The first-order valence-electron chi connectivity index (χ1n) is 8.17. The first kappa shape index (κ1) is 15.9. The number of methoxy groups -OCH3 is 1. The molecule has 3 rings (SSSR count). The van der Waals surface area contributed by atoms with Gasteiger partial charge in [-0.3, -0.25) is 9.78 Å². The van der Waals surface area contributed by atoms with E-state index >= 15 is 0 Å². The van der Waals surface area contributed by atoms with Crippen LogP contribution in [0.5, 0.6) is 0 Å². The molecule has 4 nitrogen and oxygen atoms in total. The van der Waals surface area contributed by atoms with E-state index < -0.39 is 0 Å². The maximum atomic E-state index is 13.2. The zero-order valence-electron chi connectivity index (χ0n) is 14.3. The highest BCUT2D eigenvalue weighted by Crippen LogP contribution is 2.27. The van der Waals surface area contributed by atoms with Gasteiger partial charge in [-0.25, -0.2) is 0 Å². The van der Waals surface area contributed by atoms with Gasteiger partial charge in [-0.15, -0.1) is 0 Å². The van der Waals surface area contributed by atoms with E-state index in [1.54, 1.807) is 7.11 Å². The van der Waals surface area contributed by atoms with Gasteiger partial charge in [0, 0.05) is 37.2 Å². The van der Waals surface area contributed by atoms with Crippen LogP contribution in [-0.2, 0) is 4.74 Å². The van der Waals surface area contributed by atoms with Gasteiger partial charge in [-0.2, -0.15) is 0 Å². The smallest absolute Gasteiger partial charge is 0.254 e. The molecule has 0 bridgehead atoms. The quantitative estimate of drug-likeness (QED) is 0.873. The Morgan fingerprint density at radius 1 is 1.35 bits per heavy atom. The molecule has 1 aromatic heterocycles. The lowest BCUT2D eigenvalue weighted by Crippen LogP contribution is -2.30. The summed E-state index contributed by atoms with van der Waals surface area (Å²) in [6.07, 6.45) is 1.01. The lowest BCUT2D eigenvalue weighted by molar-refractivity contribution is 0.0776. The standard InChI is InChI=1S/C19H24N2O2/c1-12-5-6-17-16(9-12)18(13(2)14(3)20-17)19(22)21-8-7-15(10-21)11-23-4/h5-6,9,15H,7-8,10-11H2,1-4H3/t15-/m1/s1. The second-order valence-corrected chi connectivity index (χ2v) is 6.58. The van der Waals surface area contributed by atoms with Crippen LogP contribution in [0.1, 0.15) is 33.6 Å². The highest BCUT2D eigenvalue weighted by Gasteiger charge is 2.29. The molecule has 0 spiro atoms. The minimum Gasteiger partial charge on any atom is -0.384 e. The first-order chi connectivity index (χ1) is 11.0. The highest BCUT2D eigenvalue weighted by atomic mass is 16.5. The van der Waals surface area contributed by atoms with Gasteiger partial charge in [0.25, 0.3) is 5.91 Å². The fourth-order valence-electron chi connectivity index (χ4n) is 3.42. The Morgan fingerprint density at radius 3 is 2.87 bits per heavy atom. The number of pyridine rings is 1. The minimum atomic E-state index is 0.127. The van der Waals surface area contributed by atoms with Crippen LogP contribution < -0.4 is 0 Å². The molecule has 1 aliphatic heterocycles. The third-order valence-electron chi connectivity index (χ3n) is 4.82. The van der Waals surface area contributed by atoms with E-state index in [1.165, 1.54) is 0 Å². The summed E-state index contributed by atoms with van der Waals surface area (Å²) in [6, 6.07) is 6.12. The molecule has 2 heterocycles. The van der Waals surface area contributed by atoms with Gasteiger partial charge in [0.15, 0.2) is 0 Å². The van der Waals surface area contributed by atoms with E-state index in [0.717, 1.165) is 59.4 Å². The number of ether oxygens (including phenoxy) is 1. The molecule has 0 radical (unpaired) electrons. The van der Waals surface area contributed by atoms with E-state index in [0.29, 0.717) is 5.92 Å². The topological polar surface area (TPSA) is 42.4 Å². The van der Waals surface area contributed by atoms with Crippen molar-refractivity contribution in [1.29, 1.82) is 0 Å². The molecule has 0 N–H and O–H groups in total. The number of hydrogen-bond donors (Lipinski definition) is 0. The molecule has 1 amide bonds. The SMILES string of the molecule is COC[C@@H]1CCN(C(=O)c2c(C)c(C)nc3ccc(C)cc23)C1. The first-order valence-corrected chi connectivity index (χ1v) is 8.17. The zero-order chi connectivity index (χ0) is 16.6. The number of carbonyl (C=O) groups is 1. The van der Waals surface area contributed by atoms with Crippen molar-refractivity contribution in [3.05, 3.63) is 40.6 Å². The summed E-state index contributed by atoms with van der Waals surface area (Å²) in [5.41, 5.74) is 4.78. The van der Waals surface area contributed by atoms with Gasteiger partial charge < -0.3 is 9.64 Å². The number of hydrogen-bond acceptors (Lipinski definition) is 3. The Kier molecular flexibility index (Phi) is 4.35. The summed E-state index contributed by atoms with van der Waals surface area (Å²) < 4.78 is 5.24. The molecule has 1 aliphatic rings. The van der Waals surface area contributed by atoms with Gasteiger partial charge >= 0.3 is 0 Å². The van der Waals surface area contributed by atoms with E-state index in [9.17, 15) is 4.79 Å². The average molecular weight is 312 g/mol. The highest BCUT2D eigenvalue weighted by molar-refractivity contribution is 6.07. The van der Waals surface area contributed by atoms with Crippen molar-refractivity contribution in [1.82, 2.24) is 9.88 Å². The van der Waals surface area contributed by atoms with Crippen molar-refractivity contribution < 1.29 is 9.53 Å². The third-order valence-corrected chi connectivity index (χ3v) is 4.82. The zero-order valence-corrected chi connectivity index (χ0v) is 14.3. The van der Waals surface area contributed by atoms with Crippen molar-refractivity contribution in [2.45, 2.75) is 27.2 Å². The predicted octanol–water partition coefficient (Wildman–Crippen LogP) is 3.27. The Bertz CT molecular complexity index is 755. The normalized spacial score (nSPS) is 17.9. The molecular weight excluding hydrogens is 288 g/mol. The summed E-state index contributed by atoms with van der Waals surface area (Å²) in [7, 11) is 1.72. The van der Waals surface area contributed by atoms with Crippen LogP contribution >= 0.6 is 0 Å². The van der Waals surface area contributed by atoms with Crippen LogP contribution in [0.2, 0.25) is 0 Å². The fourth-order valence-corrected chi connectivity index (χ4v) is 3.42. The Balaban J connectivity index is 2.03. The van der Waals surface area contributed by atoms with Gasteiger partial charge in [0.2, 0.25) is 0 Å². The molecule has 0 unspecified atom stereocenters. The van der Waals surface area contributed by atoms with Gasteiger partial charge in [0.1, 0.15) is 0 Å². The van der Waals surface area contributed by atoms with Gasteiger partial charge in [-0.1, -0.05) is 11.6 Å². The van der Waals surface area contributed by atoms with Gasteiger partial charge in [-0.05, 0) is 44.9 Å². The number of nitrogens with zero attached hydrogens (tertiary/aromatic N) is 2. The molecule has 0 saturated carbocycles. The van der Waals surface area contributed by atoms with Crippen LogP contribution in [0.15, 0.2) is 18.2 Å². The summed E-state index contributed by atoms with van der Waals surface area (Å²) in [5.74, 6) is 0.572. The van der Waals surface area contributed by atoms with Crippen LogP contribution in [-0.4, -0.2) is 42.6 Å². The summed E-state index contributed by atoms with van der Waals surface area (Å²) >= 11 is 0. The second-order valence-electron chi connectivity index (χ2n) is 6.58. The lowest BCUT2D eigenvalue weighted by Gasteiger charge is -2.20. The van der Waals surface area contributed by atoms with Crippen molar-refractivity contribution in [3.63, 3.8) is 0 Å². The number of aromatic nitrogens is 1. The van der Waals surface area contributed by atoms with Crippen molar-refractivity contribution in [2.75, 3.05) is 26.8 Å². The summed E-state index contributed by atoms with van der Waals surface area (Å²) in [6.45, 7) is 8.33. The minimum absolute atomic E-state index is 0.127. The predicted molar refractivity (Wildman–Crippen MR) is 91.8 cm³/mol. The van der Waals surface area contributed by atoms with Crippen LogP contribution in [0.3, 0.4) is 0 Å². The number of aryl methyl sites for hydroxylation is 2. The van der Waals surface area contributed by atoms with E-state index in [-0.39, 0.29) is 5.91 Å². The third kappa shape index (κ3) is 2.95. The molecule has 1 saturated heterocycles. The number of likely N-dealkylation sites (tertiary alicyclic amines) is 1. The summed E-state index contributed by atoms with van der Waals surface area (Å²) in [5, 5.41) is 0.966. The van der Waals surface area contributed by atoms with Gasteiger partial charge in [0.05, 0.1) is 17.7 Å². The van der Waals surface area contributed by atoms with Crippen LogP contribution in [0.4, 0.5) is 0 Å². The molecule has 4 heteroatoms. The van der Waals surface area contributed by atoms with Crippen LogP contribution in [0, 0.1) is 26.7 Å². The van der Waals surface area contributed by atoms with E-state index in [1.807, 2.05) is 37.8 Å². The molecule has 1 aromatic carbocycles. The fraction of sp³-hybridized carbons (Fsp3) is 0.474. The van der Waals surface area contributed by atoms with Crippen molar-refractivity contribution in [2.24, 2.45) is 5.92 Å².